The minimum Gasteiger partial charge on any atom is -0.420 e. The molecule has 0 bridgehead atoms. The van der Waals surface area contributed by atoms with Gasteiger partial charge in [-0.25, -0.2) is 4.39 Å². The van der Waals surface area contributed by atoms with E-state index < -0.39 is 0 Å². The van der Waals surface area contributed by atoms with E-state index in [0.29, 0.717) is 30.3 Å². The van der Waals surface area contributed by atoms with Gasteiger partial charge in [0, 0.05) is 25.1 Å². The van der Waals surface area contributed by atoms with Crippen LogP contribution in [0.5, 0.6) is 0 Å². The molecule has 22 heavy (non-hydrogen) atoms. The van der Waals surface area contributed by atoms with Gasteiger partial charge in [0.2, 0.25) is 17.7 Å². The van der Waals surface area contributed by atoms with Gasteiger partial charge in [-0.1, -0.05) is 6.92 Å². The van der Waals surface area contributed by atoms with Gasteiger partial charge in [0.05, 0.1) is 5.92 Å². The fourth-order valence-electron chi connectivity index (χ4n) is 2.74. The fraction of sp³-hybridized carbons (Fsp3) is 0.438. The molecule has 3 rings (SSSR count). The van der Waals surface area contributed by atoms with Crippen molar-refractivity contribution in [2.45, 2.75) is 32.1 Å². The molecule has 2 aromatic rings. The largest absolute Gasteiger partial charge is 0.420 e. The maximum Gasteiger partial charge on any atom is 0.247 e. The molecule has 2 heterocycles. The number of likely N-dealkylation sites (tertiary alicyclic amines) is 1. The van der Waals surface area contributed by atoms with E-state index in [-0.39, 0.29) is 17.6 Å². The first kappa shape index (κ1) is 14.7. The van der Waals surface area contributed by atoms with Gasteiger partial charge in [-0.05, 0) is 37.1 Å². The Morgan fingerprint density at radius 2 is 2.14 bits per heavy atom. The second kappa shape index (κ2) is 6.25. The van der Waals surface area contributed by atoms with E-state index >= 15 is 0 Å². The highest BCUT2D eigenvalue weighted by molar-refractivity contribution is 5.75. The Morgan fingerprint density at radius 1 is 1.36 bits per heavy atom. The van der Waals surface area contributed by atoms with Crippen molar-refractivity contribution in [3.63, 3.8) is 0 Å². The summed E-state index contributed by atoms with van der Waals surface area (Å²) in [7, 11) is 0. The van der Waals surface area contributed by atoms with Crippen LogP contribution in [0, 0.1) is 5.82 Å². The van der Waals surface area contributed by atoms with Crippen molar-refractivity contribution in [3.8, 4) is 11.5 Å². The summed E-state index contributed by atoms with van der Waals surface area (Å²) in [6.45, 7) is 3.28. The first-order chi connectivity index (χ1) is 10.7. The van der Waals surface area contributed by atoms with Gasteiger partial charge < -0.3 is 9.32 Å². The van der Waals surface area contributed by atoms with Gasteiger partial charge in [0.1, 0.15) is 5.82 Å². The Balaban J connectivity index is 1.75. The lowest BCUT2D eigenvalue weighted by Gasteiger charge is -2.30. The van der Waals surface area contributed by atoms with Crippen molar-refractivity contribution in [3.05, 3.63) is 36.0 Å². The Kier molecular flexibility index (Phi) is 4.18. The summed E-state index contributed by atoms with van der Waals surface area (Å²) in [5, 5.41) is 8.15. The highest BCUT2D eigenvalue weighted by Crippen LogP contribution is 2.28. The lowest BCUT2D eigenvalue weighted by Crippen LogP contribution is -2.38. The highest BCUT2D eigenvalue weighted by Gasteiger charge is 2.27. The zero-order valence-electron chi connectivity index (χ0n) is 12.5. The van der Waals surface area contributed by atoms with E-state index in [1.54, 1.807) is 12.1 Å². The van der Waals surface area contributed by atoms with Crippen LogP contribution in [-0.2, 0) is 4.79 Å². The average Bonchev–Trinajstić information content (AvgIpc) is 3.05. The highest BCUT2D eigenvalue weighted by atomic mass is 19.1. The smallest absolute Gasteiger partial charge is 0.247 e. The van der Waals surface area contributed by atoms with Crippen LogP contribution >= 0.6 is 0 Å². The van der Waals surface area contributed by atoms with Crippen molar-refractivity contribution in [2.24, 2.45) is 0 Å². The summed E-state index contributed by atoms with van der Waals surface area (Å²) in [4.78, 5) is 13.7. The van der Waals surface area contributed by atoms with Crippen molar-refractivity contribution in [2.75, 3.05) is 13.1 Å². The Hall–Kier alpha value is -2.24. The molecular weight excluding hydrogens is 285 g/mol. The molecule has 1 aromatic heterocycles. The maximum atomic E-state index is 12.9. The lowest BCUT2D eigenvalue weighted by molar-refractivity contribution is -0.132. The second-order valence-electron chi connectivity index (χ2n) is 5.48. The molecule has 0 aliphatic carbocycles. The SMILES string of the molecule is CCC(=O)N1CCC[C@@H](c2nnc(-c3ccc(F)cc3)o2)C1. The number of hydrogen-bond acceptors (Lipinski definition) is 4. The monoisotopic (exact) mass is 303 g/mol. The second-order valence-corrected chi connectivity index (χ2v) is 5.48. The molecule has 1 aliphatic heterocycles. The Bertz CT molecular complexity index is 654. The van der Waals surface area contributed by atoms with Crippen LogP contribution in [0.25, 0.3) is 11.5 Å². The number of benzene rings is 1. The molecule has 1 fully saturated rings. The molecule has 0 radical (unpaired) electrons. The topological polar surface area (TPSA) is 59.2 Å². The van der Waals surface area contributed by atoms with Gasteiger partial charge in [-0.3, -0.25) is 4.79 Å². The van der Waals surface area contributed by atoms with Gasteiger partial charge in [-0.15, -0.1) is 10.2 Å². The third-order valence-electron chi connectivity index (χ3n) is 3.96. The van der Waals surface area contributed by atoms with Crippen LogP contribution in [0.15, 0.2) is 28.7 Å². The maximum absolute atomic E-state index is 12.9. The first-order valence-electron chi connectivity index (χ1n) is 7.54. The number of amides is 1. The molecule has 0 saturated carbocycles. The molecular formula is C16H18FN3O2. The fourth-order valence-corrected chi connectivity index (χ4v) is 2.74. The van der Waals surface area contributed by atoms with Gasteiger partial charge in [0.25, 0.3) is 0 Å². The summed E-state index contributed by atoms with van der Waals surface area (Å²) in [5.74, 6) is 0.861. The molecule has 1 atom stereocenters. The summed E-state index contributed by atoms with van der Waals surface area (Å²) >= 11 is 0. The van der Waals surface area contributed by atoms with E-state index in [2.05, 4.69) is 10.2 Å². The summed E-state index contributed by atoms with van der Waals surface area (Å²) in [6, 6.07) is 5.95. The van der Waals surface area contributed by atoms with Crippen LogP contribution in [0.1, 0.15) is 38.0 Å². The van der Waals surface area contributed by atoms with Crippen LogP contribution in [0.2, 0.25) is 0 Å². The standard InChI is InChI=1S/C16H18FN3O2/c1-2-14(21)20-9-3-4-12(10-20)16-19-18-15(22-16)11-5-7-13(17)8-6-11/h5-8,12H,2-4,9-10H2,1H3/t12-/m1/s1. The van der Waals surface area contributed by atoms with Gasteiger partial charge in [-0.2, -0.15) is 0 Å². The molecule has 116 valence electrons. The molecule has 0 N–H and O–H groups in total. The van der Waals surface area contributed by atoms with Crippen molar-refractivity contribution in [1.29, 1.82) is 0 Å². The van der Waals surface area contributed by atoms with Crippen LogP contribution in [0.3, 0.4) is 0 Å². The summed E-state index contributed by atoms with van der Waals surface area (Å²) < 4.78 is 18.7. The molecule has 1 aromatic carbocycles. The quantitative estimate of drug-likeness (QED) is 0.874. The van der Waals surface area contributed by atoms with Crippen molar-refractivity contribution in [1.82, 2.24) is 15.1 Å². The minimum atomic E-state index is -0.301. The first-order valence-corrected chi connectivity index (χ1v) is 7.54. The number of aromatic nitrogens is 2. The van der Waals surface area contributed by atoms with E-state index in [1.165, 1.54) is 12.1 Å². The van der Waals surface area contributed by atoms with Crippen LogP contribution < -0.4 is 0 Å². The Morgan fingerprint density at radius 3 is 2.86 bits per heavy atom. The molecule has 5 nitrogen and oxygen atoms in total. The molecule has 1 aliphatic rings. The van der Waals surface area contributed by atoms with E-state index in [9.17, 15) is 9.18 Å². The number of piperidine rings is 1. The summed E-state index contributed by atoms with van der Waals surface area (Å²) in [6.07, 6.45) is 2.38. The van der Waals surface area contributed by atoms with Gasteiger partial charge in [0.15, 0.2) is 0 Å². The third-order valence-corrected chi connectivity index (χ3v) is 3.96. The van der Waals surface area contributed by atoms with E-state index in [1.807, 2.05) is 11.8 Å². The third kappa shape index (κ3) is 3.00. The zero-order chi connectivity index (χ0) is 15.5. The van der Waals surface area contributed by atoms with Crippen molar-refractivity contribution < 1.29 is 13.6 Å². The average molecular weight is 303 g/mol. The number of carbonyl (C=O) groups is 1. The Labute approximate surface area is 128 Å². The zero-order valence-corrected chi connectivity index (χ0v) is 12.5. The summed E-state index contributed by atoms with van der Waals surface area (Å²) in [5.41, 5.74) is 0.692. The molecule has 1 saturated heterocycles. The van der Waals surface area contributed by atoms with Crippen LogP contribution in [0.4, 0.5) is 4.39 Å². The number of hydrogen-bond donors (Lipinski definition) is 0. The number of halogens is 1. The number of carbonyl (C=O) groups excluding carboxylic acids is 1. The molecule has 1 amide bonds. The van der Waals surface area contributed by atoms with Crippen molar-refractivity contribution >= 4 is 5.91 Å². The van der Waals surface area contributed by atoms with Crippen LogP contribution in [-0.4, -0.2) is 34.1 Å². The van der Waals surface area contributed by atoms with E-state index in [4.69, 9.17) is 4.42 Å². The number of rotatable bonds is 3. The molecule has 6 heteroatoms. The number of nitrogens with zero attached hydrogens (tertiary/aromatic N) is 3. The van der Waals surface area contributed by atoms with Gasteiger partial charge >= 0.3 is 0 Å². The molecule has 0 spiro atoms. The minimum absolute atomic E-state index is 0.0750. The normalized spacial score (nSPS) is 18.5. The predicted octanol–water partition coefficient (Wildman–Crippen LogP) is 2.99. The van der Waals surface area contributed by atoms with E-state index in [0.717, 1.165) is 19.4 Å². The lowest BCUT2D eigenvalue weighted by atomic mass is 9.98. The predicted molar refractivity (Wildman–Crippen MR) is 78.5 cm³/mol. The molecule has 0 unspecified atom stereocenters.